The molecule has 3 aromatic heterocycles. The molecule has 0 aliphatic carbocycles. The molecule has 0 radical (unpaired) electrons. The van der Waals surface area contributed by atoms with Crippen molar-refractivity contribution in [2.75, 3.05) is 0 Å². The van der Waals surface area contributed by atoms with Crippen LogP contribution < -0.4 is 0 Å². The molecule has 0 atom stereocenters. The maximum Gasteiger partial charge on any atom is 0.227 e. The Morgan fingerprint density at radius 2 is 1.41 bits per heavy atom. The second-order valence-corrected chi connectivity index (χ2v) is 9.68. The van der Waals surface area contributed by atoms with E-state index in [9.17, 15) is 0 Å². The molecule has 3 aromatic carbocycles. The van der Waals surface area contributed by atoms with Crippen LogP contribution in [0.15, 0.2) is 87.7 Å². The molecule has 0 spiro atoms. The fourth-order valence-electron chi connectivity index (χ4n) is 4.64. The van der Waals surface area contributed by atoms with Gasteiger partial charge in [0.15, 0.2) is 0 Å². The molecule has 0 aliphatic rings. The van der Waals surface area contributed by atoms with Crippen LogP contribution in [0.2, 0.25) is 0 Å². The first-order chi connectivity index (χ1) is 16.5. The van der Waals surface area contributed by atoms with Gasteiger partial charge in [-0.2, -0.15) is 0 Å². The van der Waals surface area contributed by atoms with Crippen molar-refractivity contribution < 1.29 is 8.83 Å². The number of nitrogens with zero attached hydrogens (tertiary/aromatic N) is 1. The van der Waals surface area contributed by atoms with Gasteiger partial charge in [-0.1, -0.05) is 64.1 Å². The van der Waals surface area contributed by atoms with Gasteiger partial charge in [0, 0.05) is 27.3 Å². The van der Waals surface area contributed by atoms with Gasteiger partial charge in [-0.25, -0.2) is 4.98 Å². The Morgan fingerprint density at radius 3 is 2.18 bits per heavy atom. The Labute approximate surface area is 199 Å². The average Bonchev–Trinajstić information content (AvgIpc) is 3.44. The van der Waals surface area contributed by atoms with E-state index in [2.05, 4.69) is 82.3 Å². The van der Waals surface area contributed by atoms with E-state index in [1.54, 1.807) is 0 Å². The van der Waals surface area contributed by atoms with Crippen molar-refractivity contribution in [3.63, 3.8) is 0 Å². The van der Waals surface area contributed by atoms with Gasteiger partial charge in [0.1, 0.15) is 16.9 Å². The van der Waals surface area contributed by atoms with Gasteiger partial charge >= 0.3 is 0 Å². The number of fused-ring (bicyclic) bond motifs is 4. The zero-order valence-corrected chi connectivity index (χ0v) is 19.9. The number of hydrogen-bond donors (Lipinski definition) is 0. The molecule has 3 heterocycles. The van der Waals surface area contributed by atoms with E-state index in [1.807, 2.05) is 24.3 Å². The van der Waals surface area contributed by atoms with Crippen LogP contribution in [0.25, 0.3) is 55.6 Å². The van der Waals surface area contributed by atoms with Gasteiger partial charge in [0.25, 0.3) is 0 Å². The van der Waals surface area contributed by atoms with Crippen molar-refractivity contribution in [2.45, 2.75) is 39.5 Å². The molecule has 6 aromatic rings. The third-order valence-electron chi connectivity index (χ3n) is 6.66. The summed E-state index contributed by atoms with van der Waals surface area (Å²) < 4.78 is 12.5. The summed E-state index contributed by atoms with van der Waals surface area (Å²) in [5.41, 5.74) is 7.95. The number of para-hydroxylation sites is 2. The molecule has 34 heavy (non-hydrogen) atoms. The largest absolute Gasteiger partial charge is 0.455 e. The summed E-state index contributed by atoms with van der Waals surface area (Å²) in [6.07, 6.45) is 0. The van der Waals surface area contributed by atoms with Crippen LogP contribution in [0.5, 0.6) is 0 Å². The number of aromatic nitrogens is 1. The SMILES string of the molecule is CC(C)c1cc(-c2cc3ccc(-c4cccc5c4oc4ccccc45)nc3o2)cc(C(C)C)c1. The molecule has 0 bridgehead atoms. The standard InChI is InChI=1S/C31H27NO2/c1-18(2)21-14-22(19(3)4)16-23(15-21)29-17-20-12-13-27(32-31(20)34-29)26-10-7-9-25-24-8-5-6-11-28(24)33-30(25)26/h5-19H,1-4H3. The zero-order valence-electron chi connectivity index (χ0n) is 19.9. The van der Waals surface area contributed by atoms with Crippen molar-refractivity contribution in [1.29, 1.82) is 0 Å². The number of rotatable bonds is 4. The third-order valence-corrected chi connectivity index (χ3v) is 6.66. The first-order valence-corrected chi connectivity index (χ1v) is 11.9. The second-order valence-electron chi connectivity index (χ2n) is 9.68. The van der Waals surface area contributed by atoms with E-state index in [1.165, 1.54) is 11.1 Å². The van der Waals surface area contributed by atoms with E-state index in [0.717, 1.165) is 49.9 Å². The summed E-state index contributed by atoms with van der Waals surface area (Å²) in [6.45, 7) is 8.92. The Kier molecular flexibility index (Phi) is 4.80. The molecule has 0 fully saturated rings. The van der Waals surface area contributed by atoms with Crippen molar-refractivity contribution in [3.05, 3.63) is 90.0 Å². The topological polar surface area (TPSA) is 39.2 Å². The molecule has 0 saturated heterocycles. The highest BCUT2D eigenvalue weighted by atomic mass is 16.3. The Morgan fingerprint density at radius 1 is 0.676 bits per heavy atom. The Hall–Kier alpha value is -3.85. The molecule has 0 N–H and O–H groups in total. The molecule has 0 saturated carbocycles. The molecule has 0 amide bonds. The van der Waals surface area contributed by atoms with Crippen LogP contribution in [-0.4, -0.2) is 4.98 Å². The van der Waals surface area contributed by atoms with Crippen molar-refractivity contribution in [3.8, 4) is 22.6 Å². The van der Waals surface area contributed by atoms with Crippen molar-refractivity contribution >= 4 is 33.0 Å². The predicted octanol–water partition coefficient (Wildman–Crippen LogP) is 9.31. The number of hydrogen-bond acceptors (Lipinski definition) is 3. The lowest BCUT2D eigenvalue weighted by Gasteiger charge is -2.13. The minimum absolute atomic E-state index is 0.454. The Balaban J connectivity index is 1.48. The maximum atomic E-state index is 6.32. The molecular weight excluding hydrogens is 418 g/mol. The quantitative estimate of drug-likeness (QED) is 0.271. The predicted molar refractivity (Wildman–Crippen MR) is 140 cm³/mol. The summed E-state index contributed by atoms with van der Waals surface area (Å²) in [5, 5.41) is 3.21. The first kappa shape index (κ1) is 20.7. The number of pyridine rings is 1. The lowest BCUT2D eigenvalue weighted by atomic mass is 9.92. The molecule has 3 nitrogen and oxygen atoms in total. The normalized spacial score (nSPS) is 12.1. The molecule has 168 valence electrons. The zero-order chi connectivity index (χ0) is 23.4. The van der Waals surface area contributed by atoms with Crippen LogP contribution in [0.4, 0.5) is 0 Å². The van der Waals surface area contributed by atoms with E-state index in [-0.39, 0.29) is 0 Å². The average molecular weight is 446 g/mol. The fourth-order valence-corrected chi connectivity index (χ4v) is 4.64. The lowest BCUT2D eigenvalue weighted by molar-refractivity contribution is 0.618. The van der Waals surface area contributed by atoms with Crippen LogP contribution in [0, 0.1) is 0 Å². The summed E-state index contributed by atoms with van der Waals surface area (Å²) in [4.78, 5) is 4.90. The van der Waals surface area contributed by atoms with Gasteiger partial charge in [-0.05, 0) is 65.4 Å². The van der Waals surface area contributed by atoms with Crippen molar-refractivity contribution in [2.24, 2.45) is 0 Å². The molecule has 0 unspecified atom stereocenters. The Bertz CT molecular complexity index is 1640. The minimum atomic E-state index is 0.454. The minimum Gasteiger partial charge on any atom is -0.455 e. The van der Waals surface area contributed by atoms with Gasteiger partial charge in [-0.15, -0.1) is 0 Å². The molecule has 0 aliphatic heterocycles. The van der Waals surface area contributed by atoms with Gasteiger partial charge in [0.2, 0.25) is 5.71 Å². The number of furan rings is 2. The van der Waals surface area contributed by atoms with Gasteiger partial charge < -0.3 is 8.83 Å². The third kappa shape index (κ3) is 3.40. The van der Waals surface area contributed by atoms with E-state index >= 15 is 0 Å². The van der Waals surface area contributed by atoms with E-state index < -0.39 is 0 Å². The monoisotopic (exact) mass is 445 g/mol. The van der Waals surface area contributed by atoms with Crippen LogP contribution >= 0.6 is 0 Å². The van der Waals surface area contributed by atoms with E-state index in [4.69, 9.17) is 13.8 Å². The summed E-state index contributed by atoms with van der Waals surface area (Å²) in [7, 11) is 0. The molecule has 3 heteroatoms. The van der Waals surface area contributed by atoms with Crippen LogP contribution in [-0.2, 0) is 0 Å². The van der Waals surface area contributed by atoms with Crippen LogP contribution in [0.3, 0.4) is 0 Å². The second kappa shape index (κ2) is 7.88. The smallest absolute Gasteiger partial charge is 0.227 e. The van der Waals surface area contributed by atoms with Gasteiger partial charge in [-0.3, -0.25) is 0 Å². The highest BCUT2D eigenvalue weighted by Gasteiger charge is 2.16. The van der Waals surface area contributed by atoms with Crippen LogP contribution in [0.1, 0.15) is 50.7 Å². The maximum absolute atomic E-state index is 6.32. The number of benzene rings is 3. The van der Waals surface area contributed by atoms with E-state index in [0.29, 0.717) is 17.5 Å². The van der Waals surface area contributed by atoms with Gasteiger partial charge in [0.05, 0.1) is 5.69 Å². The molecular formula is C31H27NO2. The van der Waals surface area contributed by atoms with Crippen molar-refractivity contribution in [1.82, 2.24) is 4.98 Å². The highest BCUT2D eigenvalue weighted by Crippen LogP contribution is 2.37. The summed E-state index contributed by atoms with van der Waals surface area (Å²) in [6, 6.07) is 27.4. The summed E-state index contributed by atoms with van der Waals surface area (Å²) in [5.74, 6) is 1.76. The lowest BCUT2D eigenvalue weighted by Crippen LogP contribution is -1.94. The highest BCUT2D eigenvalue weighted by molar-refractivity contribution is 6.09. The summed E-state index contributed by atoms with van der Waals surface area (Å²) >= 11 is 0. The molecule has 6 rings (SSSR count). The first-order valence-electron chi connectivity index (χ1n) is 11.9. The fraction of sp³-hybridized carbons (Fsp3) is 0.194.